The average Bonchev–Trinajstić information content (AvgIpc) is 2.45. The van der Waals surface area contributed by atoms with Crippen LogP contribution >= 0.6 is 0 Å². The number of aryl methyl sites for hydroxylation is 1. The molecule has 16 heavy (non-hydrogen) atoms. The first-order chi connectivity index (χ1) is 7.21. The highest BCUT2D eigenvalue weighted by molar-refractivity contribution is 6.00. The smallest absolute Gasteiger partial charge is 0.471 e. The summed E-state index contributed by atoms with van der Waals surface area (Å²) in [7, 11) is 1.32. The zero-order valence-electron chi connectivity index (χ0n) is 7.87. The monoisotopic (exact) mass is 237 g/mol. The van der Waals surface area contributed by atoms with Crippen LogP contribution in [-0.2, 0) is 11.8 Å². The van der Waals surface area contributed by atoms with E-state index in [0.29, 0.717) is 0 Å². The maximum Gasteiger partial charge on any atom is 0.471 e. The van der Waals surface area contributed by atoms with E-state index in [1.165, 1.54) is 12.4 Å². The molecule has 0 aliphatic heterocycles. The summed E-state index contributed by atoms with van der Waals surface area (Å²) in [6.07, 6.45) is -4.11. The molecule has 0 aromatic carbocycles. The molecule has 88 valence electrons. The lowest BCUT2D eigenvalue weighted by molar-refractivity contribution is -0.167. The minimum atomic E-state index is -5.09. The second kappa shape index (κ2) is 3.83. The summed E-state index contributed by atoms with van der Waals surface area (Å²) < 4.78 is 36.6. The number of rotatable bonds is 2. The van der Waals surface area contributed by atoms with Crippen molar-refractivity contribution in [2.75, 3.05) is 5.32 Å². The van der Waals surface area contributed by atoms with Crippen molar-refractivity contribution in [2.45, 2.75) is 6.18 Å². The van der Waals surface area contributed by atoms with Gasteiger partial charge in [-0.3, -0.25) is 9.48 Å². The summed E-state index contributed by atoms with van der Waals surface area (Å²) in [4.78, 5) is 21.1. The summed E-state index contributed by atoms with van der Waals surface area (Å²) >= 11 is 0. The highest BCUT2D eigenvalue weighted by atomic mass is 19.4. The number of anilines is 1. The third-order valence-corrected chi connectivity index (χ3v) is 1.55. The van der Waals surface area contributed by atoms with Gasteiger partial charge in [0.25, 0.3) is 0 Å². The minimum absolute atomic E-state index is 0.514. The maximum atomic E-state index is 11.9. The van der Waals surface area contributed by atoms with Crippen molar-refractivity contribution in [3.8, 4) is 0 Å². The molecule has 1 amide bonds. The van der Waals surface area contributed by atoms with E-state index in [4.69, 9.17) is 5.11 Å². The summed E-state index contributed by atoms with van der Waals surface area (Å²) in [6.45, 7) is 0. The fraction of sp³-hybridized carbons (Fsp3) is 0.286. The molecule has 0 spiro atoms. The van der Waals surface area contributed by atoms with Gasteiger partial charge in [0.2, 0.25) is 0 Å². The van der Waals surface area contributed by atoms with Crippen LogP contribution in [0.3, 0.4) is 0 Å². The maximum absolute atomic E-state index is 11.9. The second-order valence-corrected chi connectivity index (χ2v) is 2.82. The Morgan fingerprint density at radius 1 is 1.50 bits per heavy atom. The Labute approximate surface area is 86.7 Å². The Bertz CT molecular complexity index is 438. The van der Waals surface area contributed by atoms with Gasteiger partial charge in [0.1, 0.15) is 5.56 Å². The number of hydrogen-bond donors (Lipinski definition) is 2. The quantitative estimate of drug-likeness (QED) is 0.789. The summed E-state index contributed by atoms with van der Waals surface area (Å²) in [6, 6.07) is 0. The van der Waals surface area contributed by atoms with Gasteiger partial charge in [0.15, 0.2) is 5.82 Å². The molecule has 0 bridgehead atoms. The largest absolute Gasteiger partial charge is 0.477 e. The molecule has 0 aliphatic rings. The molecule has 0 saturated carbocycles. The number of carboxylic acid groups (broad SMARTS) is 1. The number of carbonyl (C=O) groups is 2. The number of halogens is 3. The third kappa shape index (κ3) is 2.49. The van der Waals surface area contributed by atoms with E-state index in [1.54, 1.807) is 0 Å². The second-order valence-electron chi connectivity index (χ2n) is 2.82. The number of hydrogen-bond acceptors (Lipinski definition) is 3. The minimum Gasteiger partial charge on any atom is -0.477 e. The first kappa shape index (κ1) is 12.0. The number of amides is 1. The summed E-state index contributed by atoms with van der Waals surface area (Å²) in [5.74, 6) is -4.39. The van der Waals surface area contributed by atoms with Crippen LogP contribution in [0.2, 0.25) is 0 Å². The van der Waals surface area contributed by atoms with Gasteiger partial charge >= 0.3 is 18.1 Å². The number of aromatic nitrogens is 2. The van der Waals surface area contributed by atoms with Gasteiger partial charge in [-0.05, 0) is 0 Å². The van der Waals surface area contributed by atoms with Crippen LogP contribution in [0.5, 0.6) is 0 Å². The predicted molar refractivity (Wildman–Crippen MR) is 44.9 cm³/mol. The van der Waals surface area contributed by atoms with Crippen LogP contribution in [0.25, 0.3) is 0 Å². The fourth-order valence-corrected chi connectivity index (χ4v) is 0.916. The average molecular weight is 237 g/mol. The van der Waals surface area contributed by atoms with Gasteiger partial charge in [-0.15, -0.1) is 0 Å². The molecule has 2 N–H and O–H groups in total. The Balaban J connectivity index is 2.98. The first-order valence-electron chi connectivity index (χ1n) is 3.87. The number of nitrogens with one attached hydrogen (secondary N) is 1. The molecular formula is C7H6F3N3O3. The van der Waals surface area contributed by atoms with Crippen LogP contribution in [0.1, 0.15) is 10.4 Å². The highest BCUT2D eigenvalue weighted by Crippen LogP contribution is 2.19. The molecule has 0 saturated heterocycles. The van der Waals surface area contributed by atoms with Crippen LogP contribution in [0.4, 0.5) is 19.0 Å². The van der Waals surface area contributed by atoms with Crippen molar-refractivity contribution in [1.82, 2.24) is 9.78 Å². The van der Waals surface area contributed by atoms with E-state index >= 15 is 0 Å². The van der Waals surface area contributed by atoms with E-state index in [2.05, 4.69) is 5.10 Å². The van der Waals surface area contributed by atoms with Crippen molar-refractivity contribution in [1.29, 1.82) is 0 Å². The molecule has 0 radical (unpaired) electrons. The lowest BCUT2D eigenvalue weighted by atomic mass is 10.3. The molecule has 1 aromatic heterocycles. The lowest BCUT2D eigenvalue weighted by Gasteiger charge is -2.05. The molecule has 0 unspecified atom stereocenters. The van der Waals surface area contributed by atoms with Crippen LogP contribution in [-0.4, -0.2) is 32.9 Å². The van der Waals surface area contributed by atoms with E-state index in [1.807, 2.05) is 0 Å². The SMILES string of the molecule is Cn1cc(C(=O)O)c(NC(=O)C(F)(F)F)n1. The fourth-order valence-electron chi connectivity index (χ4n) is 0.916. The molecule has 9 heteroatoms. The Morgan fingerprint density at radius 3 is 2.50 bits per heavy atom. The number of nitrogens with zero attached hydrogens (tertiary/aromatic N) is 2. The molecule has 6 nitrogen and oxygen atoms in total. The van der Waals surface area contributed by atoms with Gasteiger partial charge in [0, 0.05) is 13.2 Å². The van der Waals surface area contributed by atoms with Crippen LogP contribution < -0.4 is 5.32 Å². The number of alkyl halides is 3. The van der Waals surface area contributed by atoms with Crippen molar-refractivity contribution < 1.29 is 27.9 Å². The zero-order chi connectivity index (χ0) is 12.5. The topological polar surface area (TPSA) is 84.2 Å². The molecule has 1 heterocycles. The number of carbonyl (C=O) groups excluding carboxylic acids is 1. The standard InChI is InChI=1S/C7H6F3N3O3/c1-13-2-3(5(14)15)4(12-13)11-6(16)7(8,9)10/h2H,1H3,(H,14,15)(H,11,12,16). The van der Waals surface area contributed by atoms with E-state index < -0.39 is 29.4 Å². The molecule has 1 aromatic rings. The van der Waals surface area contributed by atoms with Gasteiger partial charge in [-0.1, -0.05) is 0 Å². The predicted octanol–water partition coefficient (Wildman–Crippen LogP) is 0.619. The van der Waals surface area contributed by atoms with E-state index in [0.717, 1.165) is 10.9 Å². The van der Waals surface area contributed by atoms with Crippen molar-refractivity contribution in [2.24, 2.45) is 7.05 Å². The summed E-state index contributed by atoms with van der Waals surface area (Å²) in [5.41, 5.74) is -0.514. The Hall–Kier alpha value is -2.06. The number of carboxylic acids is 1. The normalized spacial score (nSPS) is 11.2. The first-order valence-corrected chi connectivity index (χ1v) is 3.87. The van der Waals surface area contributed by atoms with Gasteiger partial charge in [-0.25, -0.2) is 4.79 Å². The molecule has 0 aliphatic carbocycles. The van der Waals surface area contributed by atoms with E-state index in [-0.39, 0.29) is 0 Å². The summed E-state index contributed by atoms with van der Waals surface area (Å²) in [5, 5.41) is 13.4. The molecule has 1 rings (SSSR count). The zero-order valence-corrected chi connectivity index (χ0v) is 7.87. The Morgan fingerprint density at radius 2 is 2.06 bits per heavy atom. The molecule has 0 fully saturated rings. The van der Waals surface area contributed by atoms with Crippen molar-refractivity contribution >= 4 is 17.7 Å². The molecular weight excluding hydrogens is 231 g/mol. The molecule has 0 atom stereocenters. The van der Waals surface area contributed by atoms with Gasteiger partial charge in [-0.2, -0.15) is 18.3 Å². The Kier molecular flexibility index (Phi) is 2.88. The van der Waals surface area contributed by atoms with Crippen LogP contribution in [0, 0.1) is 0 Å². The van der Waals surface area contributed by atoms with Gasteiger partial charge in [0.05, 0.1) is 0 Å². The van der Waals surface area contributed by atoms with E-state index in [9.17, 15) is 22.8 Å². The van der Waals surface area contributed by atoms with Crippen LogP contribution in [0.15, 0.2) is 6.20 Å². The van der Waals surface area contributed by atoms with Crippen molar-refractivity contribution in [3.63, 3.8) is 0 Å². The highest BCUT2D eigenvalue weighted by Gasteiger charge is 2.39. The van der Waals surface area contributed by atoms with Crippen molar-refractivity contribution in [3.05, 3.63) is 11.8 Å². The third-order valence-electron chi connectivity index (χ3n) is 1.55. The lowest BCUT2D eigenvalue weighted by Crippen LogP contribution is -2.30. The van der Waals surface area contributed by atoms with Gasteiger partial charge < -0.3 is 10.4 Å². The number of aromatic carboxylic acids is 1.